The first-order valence-corrected chi connectivity index (χ1v) is 14.5. The standard InChI is InChI=1S/C30H37N3O5S/c1-5-20-31-30(35)24(4)32(21-25-12-8-7-9-13-25)29(34)22-33(27-14-10-11-15-28(27)38-6-2)39(36,37)26-18-16-23(3)17-19-26/h7-19,24H,5-6,20-22H2,1-4H3,(H,31,35)/t24-/m0/s1. The lowest BCUT2D eigenvalue weighted by Crippen LogP contribution is -2.51. The van der Waals surface area contributed by atoms with Crippen LogP contribution in [0.1, 0.15) is 38.3 Å². The van der Waals surface area contributed by atoms with Gasteiger partial charge in [0.25, 0.3) is 10.0 Å². The number of carbonyl (C=O) groups excluding carboxylic acids is 2. The summed E-state index contributed by atoms with van der Waals surface area (Å²) in [5, 5.41) is 2.84. The highest BCUT2D eigenvalue weighted by molar-refractivity contribution is 7.92. The van der Waals surface area contributed by atoms with Gasteiger partial charge in [-0.05, 0) is 57.0 Å². The molecular formula is C30H37N3O5S. The van der Waals surface area contributed by atoms with E-state index < -0.39 is 28.5 Å². The van der Waals surface area contributed by atoms with Gasteiger partial charge in [-0.25, -0.2) is 8.42 Å². The SMILES string of the molecule is CCCNC(=O)[C@H](C)N(Cc1ccccc1)C(=O)CN(c1ccccc1OCC)S(=O)(=O)c1ccc(C)cc1. The zero-order chi connectivity index (χ0) is 28.4. The van der Waals surface area contributed by atoms with Crippen molar-refractivity contribution in [2.24, 2.45) is 0 Å². The Bertz CT molecular complexity index is 1340. The van der Waals surface area contributed by atoms with E-state index in [1.165, 1.54) is 17.0 Å². The quantitative estimate of drug-likeness (QED) is 0.337. The fraction of sp³-hybridized carbons (Fsp3) is 0.333. The molecule has 8 nitrogen and oxygen atoms in total. The number of rotatable bonds is 13. The molecule has 0 aliphatic rings. The number of benzene rings is 3. The third kappa shape index (κ3) is 7.60. The van der Waals surface area contributed by atoms with Crippen molar-refractivity contribution < 1.29 is 22.7 Å². The number of anilines is 1. The van der Waals surface area contributed by atoms with E-state index in [2.05, 4.69) is 5.32 Å². The average Bonchev–Trinajstić information content (AvgIpc) is 2.94. The molecule has 3 aromatic carbocycles. The van der Waals surface area contributed by atoms with Crippen LogP contribution in [0.2, 0.25) is 0 Å². The zero-order valence-electron chi connectivity index (χ0n) is 23.0. The van der Waals surface area contributed by atoms with E-state index in [4.69, 9.17) is 4.74 Å². The second kappa shape index (κ2) is 13.8. The Morgan fingerprint density at radius 2 is 1.56 bits per heavy atom. The van der Waals surface area contributed by atoms with Crippen molar-refractivity contribution in [3.63, 3.8) is 0 Å². The van der Waals surface area contributed by atoms with E-state index in [9.17, 15) is 18.0 Å². The van der Waals surface area contributed by atoms with Crippen LogP contribution in [0.4, 0.5) is 5.69 Å². The van der Waals surface area contributed by atoms with Crippen LogP contribution >= 0.6 is 0 Å². The molecule has 2 amide bonds. The van der Waals surface area contributed by atoms with Crippen LogP contribution in [-0.4, -0.2) is 50.9 Å². The van der Waals surface area contributed by atoms with E-state index in [0.717, 1.165) is 21.9 Å². The molecule has 0 saturated heterocycles. The predicted octanol–water partition coefficient (Wildman–Crippen LogP) is 4.53. The Balaban J connectivity index is 2.06. The molecule has 0 unspecified atom stereocenters. The molecule has 0 aliphatic heterocycles. The molecule has 3 rings (SSSR count). The van der Waals surface area contributed by atoms with Crippen molar-refractivity contribution in [3.8, 4) is 5.75 Å². The molecule has 0 heterocycles. The number of carbonyl (C=O) groups is 2. The van der Waals surface area contributed by atoms with Gasteiger partial charge < -0.3 is 15.0 Å². The molecule has 0 aromatic heterocycles. The van der Waals surface area contributed by atoms with Gasteiger partial charge in [0.2, 0.25) is 11.8 Å². The summed E-state index contributed by atoms with van der Waals surface area (Å²) in [7, 11) is -4.17. The Hall–Kier alpha value is -3.85. The van der Waals surface area contributed by atoms with Crippen LogP contribution in [0.3, 0.4) is 0 Å². The van der Waals surface area contributed by atoms with Crippen LogP contribution in [-0.2, 0) is 26.2 Å². The molecule has 0 radical (unpaired) electrons. The van der Waals surface area contributed by atoms with Crippen molar-refractivity contribution >= 4 is 27.5 Å². The first-order chi connectivity index (χ1) is 18.7. The highest BCUT2D eigenvalue weighted by Gasteiger charge is 2.33. The Morgan fingerprint density at radius 3 is 2.21 bits per heavy atom. The number of aryl methyl sites for hydroxylation is 1. The molecular weight excluding hydrogens is 514 g/mol. The lowest BCUT2D eigenvalue weighted by Gasteiger charge is -2.32. The van der Waals surface area contributed by atoms with Crippen LogP contribution in [0.5, 0.6) is 5.75 Å². The molecule has 3 aromatic rings. The maximum absolute atomic E-state index is 14.0. The Labute approximate surface area is 231 Å². The third-order valence-corrected chi connectivity index (χ3v) is 8.01. The molecule has 9 heteroatoms. The van der Waals surface area contributed by atoms with Crippen LogP contribution in [0, 0.1) is 6.92 Å². The van der Waals surface area contributed by atoms with Gasteiger partial charge >= 0.3 is 0 Å². The molecule has 208 valence electrons. The number of sulfonamides is 1. The summed E-state index contributed by atoms with van der Waals surface area (Å²) < 4.78 is 34.8. The number of hydrogen-bond acceptors (Lipinski definition) is 5. The Kier molecular flexibility index (Phi) is 10.5. The van der Waals surface area contributed by atoms with E-state index in [1.54, 1.807) is 50.2 Å². The van der Waals surface area contributed by atoms with E-state index >= 15 is 0 Å². The number of amides is 2. The maximum atomic E-state index is 14.0. The van der Waals surface area contributed by atoms with Crippen molar-refractivity contribution in [2.45, 2.75) is 51.6 Å². The first-order valence-electron chi connectivity index (χ1n) is 13.1. The van der Waals surface area contributed by atoms with Gasteiger partial charge in [-0.1, -0.05) is 67.1 Å². The Morgan fingerprint density at radius 1 is 0.923 bits per heavy atom. The number of hydrogen-bond donors (Lipinski definition) is 1. The van der Waals surface area contributed by atoms with Crippen molar-refractivity contribution in [1.82, 2.24) is 10.2 Å². The summed E-state index contributed by atoms with van der Waals surface area (Å²) >= 11 is 0. The zero-order valence-corrected chi connectivity index (χ0v) is 23.8. The number of para-hydroxylation sites is 2. The monoisotopic (exact) mass is 551 g/mol. The maximum Gasteiger partial charge on any atom is 0.264 e. The molecule has 39 heavy (non-hydrogen) atoms. The largest absolute Gasteiger partial charge is 0.492 e. The lowest BCUT2D eigenvalue weighted by molar-refractivity contribution is -0.139. The third-order valence-electron chi connectivity index (χ3n) is 6.23. The fourth-order valence-electron chi connectivity index (χ4n) is 4.05. The second-order valence-corrected chi connectivity index (χ2v) is 11.1. The number of nitrogens with zero attached hydrogens (tertiary/aromatic N) is 2. The van der Waals surface area contributed by atoms with Crippen molar-refractivity contribution in [1.29, 1.82) is 0 Å². The molecule has 0 aliphatic carbocycles. The molecule has 1 N–H and O–H groups in total. The van der Waals surface area contributed by atoms with Gasteiger partial charge in [-0.3, -0.25) is 13.9 Å². The number of ether oxygens (including phenoxy) is 1. The van der Waals surface area contributed by atoms with E-state index in [1.807, 2.05) is 44.2 Å². The van der Waals surface area contributed by atoms with Crippen LogP contribution in [0.25, 0.3) is 0 Å². The fourth-order valence-corrected chi connectivity index (χ4v) is 5.47. The van der Waals surface area contributed by atoms with Crippen LogP contribution in [0.15, 0.2) is 83.8 Å². The van der Waals surface area contributed by atoms with E-state index in [-0.39, 0.29) is 23.0 Å². The molecule has 0 bridgehead atoms. The summed E-state index contributed by atoms with van der Waals surface area (Å²) in [6, 6.07) is 21.7. The summed E-state index contributed by atoms with van der Waals surface area (Å²) in [6.45, 7) is 7.70. The van der Waals surface area contributed by atoms with Crippen LogP contribution < -0.4 is 14.4 Å². The van der Waals surface area contributed by atoms with Gasteiger partial charge in [0.05, 0.1) is 17.2 Å². The number of nitrogens with one attached hydrogen (secondary N) is 1. The van der Waals surface area contributed by atoms with Gasteiger partial charge in [-0.2, -0.15) is 0 Å². The van der Waals surface area contributed by atoms with Gasteiger partial charge in [-0.15, -0.1) is 0 Å². The first kappa shape index (κ1) is 29.7. The van der Waals surface area contributed by atoms with Gasteiger partial charge in [0, 0.05) is 13.1 Å². The highest BCUT2D eigenvalue weighted by atomic mass is 32.2. The normalized spacial score (nSPS) is 11.9. The van der Waals surface area contributed by atoms with E-state index in [0.29, 0.717) is 18.9 Å². The minimum absolute atomic E-state index is 0.0514. The summed E-state index contributed by atoms with van der Waals surface area (Å²) in [4.78, 5) is 28.3. The van der Waals surface area contributed by atoms with Gasteiger partial charge in [0.15, 0.2) is 0 Å². The average molecular weight is 552 g/mol. The summed E-state index contributed by atoms with van der Waals surface area (Å²) in [5.74, 6) is -0.476. The predicted molar refractivity (Wildman–Crippen MR) is 153 cm³/mol. The lowest BCUT2D eigenvalue weighted by atomic mass is 10.1. The molecule has 0 fully saturated rings. The second-order valence-electron chi connectivity index (χ2n) is 9.20. The van der Waals surface area contributed by atoms with Crippen molar-refractivity contribution in [3.05, 3.63) is 90.0 Å². The smallest absolute Gasteiger partial charge is 0.264 e. The van der Waals surface area contributed by atoms with Crippen molar-refractivity contribution in [2.75, 3.05) is 24.0 Å². The highest BCUT2D eigenvalue weighted by Crippen LogP contribution is 2.33. The van der Waals surface area contributed by atoms with Gasteiger partial charge in [0.1, 0.15) is 18.3 Å². The summed E-state index contributed by atoms with van der Waals surface area (Å²) in [6.07, 6.45) is 0.752. The summed E-state index contributed by atoms with van der Waals surface area (Å²) in [5.41, 5.74) is 1.98. The molecule has 1 atom stereocenters. The molecule has 0 spiro atoms. The minimum Gasteiger partial charge on any atom is -0.492 e. The topological polar surface area (TPSA) is 96.0 Å². The molecule has 0 saturated carbocycles. The minimum atomic E-state index is -4.17.